The lowest BCUT2D eigenvalue weighted by atomic mass is 9.98. The summed E-state index contributed by atoms with van der Waals surface area (Å²) in [5.41, 5.74) is 1.44. The van der Waals surface area contributed by atoms with E-state index in [1.165, 1.54) is 12.1 Å². The third-order valence-electron chi connectivity index (χ3n) is 7.46. The summed E-state index contributed by atoms with van der Waals surface area (Å²) in [5.74, 6) is -1.68. The number of nitrogens with zero attached hydrogens (tertiary/aromatic N) is 2. The minimum absolute atomic E-state index is 0.00264. The number of carboxylic acid groups (broad SMARTS) is 1. The number of piperidine rings is 1. The van der Waals surface area contributed by atoms with Crippen molar-refractivity contribution in [3.8, 4) is 11.3 Å². The smallest absolute Gasteiger partial charge is 0.344 e. The second-order valence-electron chi connectivity index (χ2n) is 9.94. The number of aromatic carboxylic acids is 1. The van der Waals surface area contributed by atoms with Crippen molar-refractivity contribution in [3.05, 3.63) is 69.1 Å². The van der Waals surface area contributed by atoms with Gasteiger partial charge in [-0.05, 0) is 56.0 Å². The van der Waals surface area contributed by atoms with E-state index in [2.05, 4.69) is 10.1 Å². The zero-order valence-corrected chi connectivity index (χ0v) is 21.1. The van der Waals surface area contributed by atoms with E-state index in [0.717, 1.165) is 31.7 Å². The Hall–Kier alpha value is -3.10. The van der Waals surface area contributed by atoms with Crippen LogP contribution in [0, 0.1) is 5.82 Å². The molecule has 2 bridgehead atoms. The first kappa shape index (κ1) is 24.2. The van der Waals surface area contributed by atoms with Crippen LogP contribution in [0.25, 0.3) is 11.3 Å². The maximum atomic E-state index is 14.2. The maximum absolute atomic E-state index is 14.2. The van der Waals surface area contributed by atoms with Gasteiger partial charge in [0.1, 0.15) is 23.2 Å². The molecule has 1 aliphatic carbocycles. The van der Waals surface area contributed by atoms with Gasteiger partial charge in [-0.15, -0.1) is 0 Å². The van der Waals surface area contributed by atoms with Gasteiger partial charge in [-0.1, -0.05) is 34.4 Å². The van der Waals surface area contributed by atoms with Gasteiger partial charge in [0.2, 0.25) is 0 Å². The standard InChI is InChI=1S/C27H23Cl2FN2O5/c28-20-2-1-3-21(29)22(20)24-23(25(37-31-24)13-4-5-13)27(35)36-19-11-16-6-7-17(12-19)32(16)18-9-14(26(33)34)8-15(30)10-18/h1-3,8-10,13,16-17,19H,4-7,11-12H2,(H,33,34)/t16-,17+,19?. The highest BCUT2D eigenvalue weighted by Gasteiger charge is 2.44. The topological polar surface area (TPSA) is 92.9 Å². The van der Waals surface area contributed by atoms with Gasteiger partial charge in [-0.2, -0.15) is 0 Å². The van der Waals surface area contributed by atoms with E-state index in [0.29, 0.717) is 39.9 Å². The van der Waals surface area contributed by atoms with Crippen molar-refractivity contribution in [1.82, 2.24) is 5.16 Å². The molecule has 2 saturated heterocycles. The van der Waals surface area contributed by atoms with Crippen molar-refractivity contribution in [2.24, 2.45) is 0 Å². The highest BCUT2D eigenvalue weighted by molar-refractivity contribution is 6.39. The minimum atomic E-state index is -1.17. The number of halogens is 3. The largest absolute Gasteiger partial charge is 0.478 e. The zero-order valence-electron chi connectivity index (χ0n) is 19.6. The van der Waals surface area contributed by atoms with E-state index in [9.17, 15) is 19.1 Å². The summed E-state index contributed by atoms with van der Waals surface area (Å²) in [6.07, 6.45) is 4.24. The highest BCUT2D eigenvalue weighted by Crippen LogP contribution is 2.47. The normalized spacial score (nSPS) is 22.8. The highest BCUT2D eigenvalue weighted by atomic mass is 35.5. The van der Waals surface area contributed by atoms with Crippen LogP contribution in [0.4, 0.5) is 10.1 Å². The Bertz CT molecular complexity index is 1370. The third-order valence-corrected chi connectivity index (χ3v) is 8.09. The van der Waals surface area contributed by atoms with Gasteiger partial charge in [0.05, 0.1) is 15.6 Å². The number of rotatable bonds is 6. The van der Waals surface area contributed by atoms with Crippen LogP contribution in [0.2, 0.25) is 10.0 Å². The monoisotopic (exact) mass is 544 g/mol. The summed E-state index contributed by atoms with van der Waals surface area (Å²) < 4.78 is 25.8. The Morgan fingerprint density at radius 2 is 1.73 bits per heavy atom. The van der Waals surface area contributed by atoms with Crippen molar-refractivity contribution in [1.29, 1.82) is 0 Å². The number of esters is 1. The number of carbonyl (C=O) groups is 2. The molecule has 3 atom stereocenters. The molecule has 6 rings (SSSR count). The first-order chi connectivity index (χ1) is 17.8. The van der Waals surface area contributed by atoms with E-state index in [1.54, 1.807) is 18.2 Å². The molecule has 1 saturated carbocycles. The molecule has 192 valence electrons. The molecule has 1 N–H and O–H groups in total. The van der Waals surface area contributed by atoms with Crippen LogP contribution in [-0.4, -0.2) is 40.4 Å². The number of carbonyl (C=O) groups excluding carboxylic acids is 1. The summed E-state index contributed by atoms with van der Waals surface area (Å²) in [6.45, 7) is 0. The summed E-state index contributed by atoms with van der Waals surface area (Å²) >= 11 is 12.8. The number of fused-ring (bicyclic) bond motifs is 2. The number of hydrogen-bond acceptors (Lipinski definition) is 6. The second kappa shape index (κ2) is 9.33. The lowest BCUT2D eigenvalue weighted by molar-refractivity contribution is 0.0202. The maximum Gasteiger partial charge on any atom is 0.344 e. The Labute approximate surface area is 222 Å². The number of ether oxygens (including phenoxy) is 1. The molecule has 2 aromatic carbocycles. The molecule has 10 heteroatoms. The van der Waals surface area contributed by atoms with Gasteiger partial charge in [-0.3, -0.25) is 0 Å². The minimum Gasteiger partial charge on any atom is -0.478 e. The Kier molecular flexibility index (Phi) is 6.12. The summed E-state index contributed by atoms with van der Waals surface area (Å²) in [4.78, 5) is 27.1. The number of aromatic nitrogens is 1. The second-order valence-corrected chi connectivity index (χ2v) is 10.8. The first-order valence-corrected chi connectivity index (χ1v) is 13.0. The zero-order chi connectivity index (χ0) is 25.8. The van der Waals surface area contributed by atoms with Gasteiger partial charge in [0, 0.05) is 42.1 Å². The van der Waals surface area contributed by atoms with Crippen LogP contribution in [-0.2, 0) is 4.74 Å². The lowest BCUT2D eigenvalue weighted by Gasteiger charge is -2.40. The number of benzene rings is 2. The van der Waals surface area contributed by atoms with Crippen molar-refractivity contribution in [2.75, 3.05) is 4.90 Å². The summed E-state index contributed by atoms with van der Waals surface area (Å²) in [6, 6.07) is 8.96. The molecule has 37 heavy (non-hydrogen) atoms. The van der Waals surface area contributed by atoms with E-state index >= 15 is 0 Å². The van der Waals surface area contributed by atoms with Crippen molar-refractivity contribution >= 4 is 40.8 Å². The molecule has 3 fully saturated rings. The molecule has 1 aromatic heterocycles. The van der Waals surface area contributed by atoms with Gasteiger partial charge in [0.25, 0.3) is 0 Å². The van der Waals surface area contributed by atoms with Crippen molar-refractivity contribution in [3.63, 3.8) is 0 Å². The molecule has 3 aliphatic rings. The fourth-order valence-electron chi connectivity index (χ4n) is 5.72. The Morgan fingerprint density at radius 1 is 1.05 bits per heavy atom. The summed E-state index contributed by atoms with van der Waals surface area (Å²) in [7, 11) is 0. The van der Waals surface area contributed by atoms with Crippen molar-refractivity contribution in [2.45, 2.75) is 62.6 Å². The average Bonchev–Trinajstić information content (AvgIpc) is 3.54. The first-order valence-electron chi connectivity index (χ1n) is 12.3. The molecular weight excluding hydrogens is 522 g/mol. The molecule has 3 heterocycles. The van der Waals surface area contributed by atoms with E-state index < -0.39 is 17.8 Å². The molecule has 7 nitrogen and oxygen atoms in total. The molecule has 1 unspecified atom stereocenters. The Balaban J connectivity index is 1.25. The third kappa shape index (κ3) is 4.46. The van der Waals surface area contributed by atoms with Crippen molar-refractivity contribution < 1.29 is 28.3 Å². The van der Waals surface area contributed by atoms with Crippen LogP contribution >= 0.6 is 23.2 Å². The fourth-order valence-corrected chi connectivity index (χ4v) is 6.30. The molecular formula is C27H23Cl2FN2O5. The van der Waals surface area contributed by atoms with Gasteiger partial charge in [-0.25, -0.2) is 14.0 Å². The SMILES string of the molecule is O=C(O)c1cc(F)cc(N2[C@@H]3CC[C@H]2CC(OC(=O)c2c(-c4c(Cl)cccc4Cl)noc2C2CC2)C3)c1. The van der Waals surface area contributed by atoms with Gasteiger partial charge < -0.3 is 19.3 Å². The van der Waals surface area contributed by atoms with Gasteiger partial charge in [0.15, 0.2) is 5.76 Å². The van der Waals surface area contributed by atoms with Gasteiger partial charge >= 0.3 is 11.9 Å². The lowest BCUT2D eigenvalue weighted by Crippen LogP contribution is -2.46. The quantitative estimate of drug-likeness (QED) is 0.344. The molecule has 2 aliphatic heterocycles. The van der Waals surface area contributed by atoms with Crippen LogP contribution in [0.5, 0.6) is 0 Å². The molecule has 0 spiro atoms. The molecule has 3 aromatic rings. The van der Waals surface area contributed by atoms with Crippen LogP contribution in [0.15, 0.2) is 40.9 Å². The van der Waals surface area contributed by atoms with Crippen LogP contribution < -0.4 is 4.90 Å². The van der Waals surface area contributed by atoms with Crippen LogP contribution in [0.1, 0.15) is 70.9 Å². The van der Waals surface area contributed by atoms with Crippen LogP contribution in [0.3, 0.4) is 0 Å². The number of anilines is 1. The average molecular weight is 545 g/mol. The number of hydrogen-bond donors (Lipinski definition) is 1. The predicted octanol–water partition coefficient (Wildman–Crippen LogP) is 6.72. The van der Waals surface area contributed by atoms with E-state index in [1.807, 2.05) is 0 Å². The number of carboxylic acids is 1. The van der Waals surface area contributed by atoms with E-state index in [4.69, 9.17) is 32.5 Å². The predicted molar refractivity (Wildman–Crippen MR) is 135 cm³/mol. The fraction of sp³-hybridized carbons (Fsp3) is 0.370. The Morgan fingerprint density at radius 3 is 2.35 bits per heavy atom. The van der Waals surface area contributed by atoms with E-state index in [-0.39, 0.29) is 40.9 Å². The molecule has 0 radical (unpaired) electrons. The summed E-state index contributed by atoms with van der Waals surface area (Å²) in [5, 5.41) is 14.2. The molecule has 0 amide bonds.